The number of rotatable bonds is 3. The molecular weight excluding hydrogens is 184 g/mol. The summed E-state index contributed by atoms with van der Waals surface area (Å²) in [5, 5.41) is 8.16. The van der Waals surface area contributed by atoms with E-state index in [4.69, 9.17) is 5.41 Å². The van der Waals surface area contributed by atoms with E-state index in [1.165, 1.54) is 11.1 Å². The molecule has 1 aliphatic rings. The molecule has 0 aromatic heterocycles. The van der Waals surface area contributed by atoms with Crippen molar-refractivity contribution in [3.63, 3.8) is 0 Å². The number of nitrogens with zero attached hydrogens (tertiary/aromatic N) is 1. The standard InChI is InChI=1S/C13H18N2/c1-3-15(4-2)13(14)12-9-10-7-5-6-8-11(10)12/h5-8,12,14H,3-4,9H2,1-2H3. The highest BCUT2D eigenvalue weighted by atomic mass is 15.2. The Bertz CT molecular complexity index is 367. The highest BCUT2D eigenvalue weighted by Crippen LogP contribution is 2.36. The topological polar surface area (TPSA) is 27.1 Å². The van der Waals surface area contributed by atoms with Crippen LogP contribution in [0.15, 0.2) is 24.3 Å². The zero-order valence-electron chi connectivity index (χ0n) is 9.46. The van der Waals surface area contributed by atoms with E-state index >= 15 is 0 Å². The third-order valence-electron chi connectivity index (χ3n) is 3.29. The van der Waals surface area contributed by atoms with Gasteiger partial charge in [0.25, 0.3) is 0 Å². The minimum Gasteiger partial charge on any atom is -0.361 e. The van der Waals surface area contributed by atoms with Crippen LogP contribution in [0.4, 0.5) is 0 Å². The van der Waals surface area contributed by atoms with Gasteiger partial charge in [-0.05, 0) is 31.4 Å². The quantitative estimate of drug-likeness (QED) is 0.592. The Morgan fingerprint density at radius 2 is 2.00 bits per heavy atom. The minimum absolute atomic E-state index is 0.348. The second-order valence-corrected chi connectivity index (χ2v) is 4.01. The Labute approximate surface area is 91.4 Å². The lowest BCUT2D eigenvalue weighted by molar-refractivity contribution is 0.437. The maximum absolute atomic E-state index is 8.16. The summed E-state index contributed by atoms with van der Waals surface area (Å²) in [6, 6.07) is 8.47. The average Bonchev–Trinajstić information content (AvgIpc) is 2.22. The number of benzene rings is 1. The molecule has 1 aliphatic carbocycles. The van der Waals surface area contributed by atoms with Gasteiger partial charge in [0.2, 0.25) is 0 Å². The third-order valence-corrected chi connectivity index (χ3v) is 3.29. The maximum Gasteiger partial charge on any atom is 0.104 e. The molecule has 1 atom stereocenters. The van der Waals surface area contributed by atoms with Crippen molar-refractivity contribution < 1.29 is 0 Å². The van der Waals surface area contributed by atoms with Crippen LogP contribution in [0, 0.1) is 5.41 Å². The molecule has 0 fully saturated rings. The molecule has 2 rings (SSSR count). The number of hydrogen-bond donors (Lipinski definition) is 1. The van der Waals surface area contributed by atoms with Gasteiger partial charge in [0.1, 0.15) is 5.84 Å². The molecule has 15 heavy (non-hydrogen) atoms. The van der Waals surface area contributed by atoms with Crippen LogP contribution in [0.1, 0.15) is 30.9 Å². The first-order chi connectivity index (χ1) is 7.27. The van der Waals surface area contributed by atoms with E-state index in [1.54, 1.807) is 0 Å². The first-order valence-electron chi connectivity index (χ1n) is 5.69. The van der Waals surface area contributed by atoms with Gasteiger partial charge in [-0.15, -0.1) is 0 Å². The minimum atomic E-state index is 0.348. The fourth-order valence-electron chi connectivity index (χ4n) is 2.29. The van der Waals surface area contributed by atoms with Crippen molar-refractivity contribution in [2.45, 2.75) is 26.2 Å². The second kappa shape index (κ2) is 4.05. The molecule has 0 heterocycles. The van der Waals surface area contributed by atoms with Crippen LogP contribution >= 0.6 is 0 Å². The fourth-order valence-corrected chi connectivity index (χ4v) is 2.29. The Kier molecular flexibility index (Phi) is 2.76. The summed E-state index contributed by atoms with van der Waals surface area (Å²) in [6.07, 6.45) is 1.05. The molecule has 80 valence electrons. The van der Waals surface area contributed by atoms with E-state index in [2.05, 4.69) is 43.0 Å². The van der Waals surface area contributed by atoms with Gasteiger partial charge in [-0.1, -0.05) is 24.3 Å². The van der Waals surface area contributed by atoms with E-state index in [1.807, 2.05) is 0 Å². The Morgan fingerprint density at radius 3 is 2.60 bits per heavy atom. The molecule has 2 heteroatoms. The molecule has 0 spiro atoms. The van der Waals surface area contributed by atoms with E-state index < -0.39 is 0 Å². The van der Waals surface area contributed by atoms with Crippen LogP contribution < -0.4 is 0 Å². The van der Waals surface area contributed by atoms with Crippen LogP contribution in [0.25, 0.3) is 0 Å². The predicted octanol–water partition coefficient (Wildman–Crippen LogP) is 2.65. The van der Waals surface area contributed by atoms with Crippen molar-refractivity contribution >= 4 is 5.84 Å². The summed E-state index contributed by atoms with van der Waals surface area (Å²) in [4.78, 5) is 2.14. The highest BCUT2D eigenvalue weighted by molar-refractivity contribution is 5.89. The first-order valence-corrected chi connectivity index (χ1v) is 5.69. The van der Waals surface area contributed by atoms with Crippen LogP contribution in [0.3, 0.4) is 0 Å². The van der Waals surface area contributed by atoms with Crippen LogP contribution in [-0.2, 0) is 6.42 Å². The summed E-state index contributed by atoms with van der Waals surface area (Å²) >= 11 is 0. The molecule has 0 bridgehead atoms. The number of fused-ring (bicyclic) bond motifs is 1. The largest absolute Gasteiger partial charge is 0.361 e. The molecule has 1 aromatic rings. The zero-order chi connectivity index (χ0) is 10.8. The lowest BCUT2D eigenvalue weighted by Gasteiger charge is -2.35. The van der Waals surface area contributed by atoms with Gasteiger partial charge in [0.05, 0.1) is 0 Å². The van der Waals surface area contributed by atoms with Crippen molar-refractivity contribution in [3.05, 3.63) is 35.4 Å². The van der Waals surface area contributed by atoms with Crippen molar-refractivity contribution in [2.24, 2.45) is 0 Å². The molecule has 1 unspecified atom stereocenters. The smallest absolute Gasteiger partial charge is 0.104 e. The molecule has 0 aliphatic heterocycles. The molecule has 0 amide bonds. The Hall–Kier alpha value is -1.31. The second-order valence-electron chi connectivity index (χ2n) is 4.01. The van der Waals surface area contributed by atoms with Crippen molar-refractivity contribution in [1.29, 1.82) is 5.41 Å². The summed E-state index contributed by atoms with van der Waals surface area (Å²) in [6.45, 7) is 6.10. The van der Waals surface area contributed by atoms with Crippen molar-refractivity contribution in [1.82, 2.24) is 4.90 Å². The normalized spacial score (nSPS) is 17.9. The first kappa shape index (κ1) is 10.2. The van der Waals surface area contributed by atoms with E-state index in [-0.39, 0.29) is 0 Å². The Morgan fingerprint density at radius 1 is 1.33 bits per heavy atom. The summed E-state index contributed by atoms with van der Waals surface area (Å²) in [7, 11) is 0. The van der Waals surface area contributed by atoms with Gasteiger partial charge in [0.15, 0.2) is 0 Å². The summed E-state index contributed by atoms with van der Waals surface area (Å²) in [5.74, 6) is 1.14. The van der Waals surface area contributed by atoms with Crippen molar-refractivity contribution in [3.8, 4) is 0 Å². The molecule has 0 radical (unpaired) electrons. The Balaban J connectivity index is 2.13. The van der Waals surface area contributed by atoms with E-state index in [0.717, 1.165) is 25.3 Å². The SMILES string of the molecule is CCN(CC)C(=N)C1Cc2ccccc21. The van der Waals surface area contributed by atoms with Gasteiger partial charge in [-0.3, -0.25) is 5.41 Å². The van der Waals surface area contributed by atoms with Gasteiger partial charge in [0, 0.05) is 19.0 Å². The van der Waals surface area contributed by atoms with Gasteiger partial charge < -0.3 is 4.90 Å². The molecule has 0 saturated heterocycles. The lowest BCUT2D eigenvalue weighted by atomic mass is 9.76. The summed E-state index contributed by atoms with van der Waals surface area (Å²) in [5.41, 5.74) is 2.77. The number of likely N-dealkylation sites (N-methyl/N-ethyl adjacent to an activating group) is 1. The zero-order valence-corrected chi connectivity index (χ0v) is 9.46. The average molecular weight is 202 g/mol. The predicted molar refractivity (Wildman–Crippen MR) is 63.5 cm³/mol. The fraction of sp³-hybridized carbons (Fsp3) is 0.462. The van der Waals surface area contributed by atoms with Gasteiger partial charge >= 0.3 is 0 Å². The van der Waals surface area contributed by atoms with Crippen LogP contribution in [0.2, 0.25) is 0 Å². The number of nitrogens with one attached hydrogen (secondary N) is 1. The van der Waals surface area contributed by atoms with Crippen molar-refractivity contribution in [2.75, 3.05) is 13.1 Å². The molecule has 2 nitrogen and oxygen atoms in total. The van der Waals surface area contributed by atoms with Crippen LogP contribution in [-0.4, -0.2) is 23.8 Å². The monoisotopic (exact) mass is 202 g/mol. The van der Waals surface area contributed by atoms with Gasteiger partial charge in [-0.2, -0.15) is 0 Å². The number of hydrogen-bond acceptors (Lipinski definition) is 1. The highest BCUT2D eigenvalue weighted by Gasteiger charge is 2.30. The van der Waals surface area contributed by atoms with Crippen LogP contribution in [0.5, 0.6) is 0 Å². The van der Waals surface area contributed by atoms with Gasteiger partial charge in [-0.25, -0.2) is 0 Å². The third kappa shape index (κ3) is 1.65. The molecule has 0 saturated carbocycles. The lowest BCUT2D eigenvalue weighted by Crippen LogP contribution is -2.38. The molecule has 1 N–H and O–H groups in total. The maximum atomic E-state index is 8.16. The van der Waals surface area contributed by atoms with E-state index in [0.29, 0.717) is 5.92 Å². The summed E-state index contributed by atoms with van der Waals surface area (Å²) < 4.78 is 0. The van der Waals surface area contributed by atoms with E-state index in [9.17, 15) is 0 Å². The molecule has 1 aromatic carbocycles. The molecular formula is C13H18N2. The number of amidine groups is 1.